The molecule has 2 aromatic heterocycles. The van der Waals surface area contributed by atoms with E-state index in [9.17, 15) is 4.79 Å². The number of benzene rings is 1. The van der Waals surface area contributed by atoms with Gasteiger partial charge in [0.05, 0.1) is 11.9 Å². The van der Waals surface area contributed by atoms with Crippen molar-refractivity contribution in [3.63, 3.8) is 0 Å². The Balaban J connectivity index is 1.31. The quantitative estimate of drug-likeness (QED) is 0.482. The molecule has 0 radical (unpaired) electrons. The maximum absolute atomic E-state index is 11.0. The van der Waals surface area contributed by atoms with E-state index in [1.807, 2.05) is 31.2 Å². The van der Waals surface area contributed by atoms with Gasteiger partial charge in [-0.15, -0.1) is 0 Å². The largest absolute Gasteiger partial charge is 0.427 e. The SMILES string of the molecule is CC(=O)Oc1ccc(CN2CCC(c3noc(-c4cnc(C)cn4)n3)CC2)cc1. The number of hydrogen-bond acceptors (Lipinski definition) is 8. The fourth-order valence-corrected chi connectivity index (χ4v) is 3.44. The lowest BCUT2D eigenvalue weighted by Crippen LogP contribution is -2.32. The second kappa shape index (κ2) is 8.48. The average molecular weight is 393 g/mol. The highest BCUT2D eigenvalue weighted by Crippen LogP contribution is 2.28. The van der Waals surface area contributed by atoms with Gasteiger partial charge in [0.2, 0.25) is 0 Å². The zero-order chi connectivity index (χ0) is 20.2. The zero-order valence-electron chi connectivity index (χ0n) is 16.5. The number of hydrogen-bond donors (Lipinski definition) is 0. The van der Waals surface area contributed by atoms with Gasteiger partial charge < -0.3 is 9.26 Å². The van der Waals surface area contributed by atoms with Crippen molar-refractivity contribution in [2.75, 3.05) is 13.1 Å². The third kappa shape index (κ3) is 4.83. The van der Waals surface area contributed by atoms with Crippen LogP contribution < -0.4 is 4.74 Å². The van der Waals surface area contributed by atoms with Gasteiger partial charge in [-0.1, -0.05) is 17.3 Å². The van der Waals surface area contributed by atoms with Gasteiger partial charge in [0.15, 0.2) is 5.82 Å². The molecule has 29 heavy (non-hydrogen) atoms. The van der Waals surface area contributed by atoms with Crippen LogP contribution in [0.25, 0.3) is 11.6 Å². The molecule has 0 amide bonds. The van der Waals surface area contributed by atoms with Crippen molar-refractivity contribution in [3.05, 3.63) is 53.7 Å². The summed E-state index contributed by atoms with van der Waals surface area (Å²) in [7, 11) is 0. The van der Waals surface area contributed by atoms with Crippen molar-refractivity contribution in [1.82, 2.24) is 25.0 Å². The van der Waals surface area contributed by atoms with Crippen LogP contribution in [0, 0.1) is 6.92 Å². The molecule has 4 rings (SSSR count). The number of esters is 1. The van der Waals surface area contributed by atoms with Crippen LogP contribution in [-0.2, 0) is 11.3 Å². The van der Waals surface area contributed by atoms with E-state index in [1.54, 1.807) is 12.4 Å². The van der Waals surface area contributed by atoms with E-state index in [1.165, 1.54) is 12.5 Å². The molecule has 0 saturated carbocycles. The normalized spacial score (nSPS) is 15.4. The average Bonchev–Trinajstić information content (AvgIpc) is 3.20. The predicted molar refractivity (Wildman–Crippen MR) is 105 cm³/mol. The smallest absolute Gasteiger partial charge is 0.308 e. The van der Waals surface area contributed by atoms with Crippen molar-refractivity contribution in [2.24, 2.45) is 0 Å². The second-order valence-corrected chi connectivity index (χ2v) is 7.29. The van der Waals surface area contributed by atoms with E-state index in [2.05, 4.69) is 25.0 Å². The summed E-state index contributed by atoms with van der Waals surface area (Å²) in [4.78, 5) is 26.5. The Bertz CT molecular complexity index is 961. The van der Waals surface area contributed by atoms with Gasteiger partial charge in [-0.2, -0.15) is 4.98 Å². The van der Waals surface area contributed by atoms with Crippen molar-refractivity contribution in [1.29, 1.82) is 0 Å². The summed E-state index contributed by atoms with van der Waals surface area (Å²) in [5.41, 5.74) is 2.64. The first-order valence-corrected chi connectivity index (χ1v) is 9.69. The molecule has 1 fully saturated rings. The first kappa shape index (κ1) is 19.2. The van der Waals surface area contributed by atoms with E-state index in [0.29, 0.717) is 17.3 Å². The molecule has 0 spiro atoms. The topological polar surface area (TPSA) is 94.2 Å². The Kier molecular flexibility index (Phi) is 5.62. The molecule has 8 heteroatoms. The maximum atomic E-state index is 11.0. The first-order valence-electron chi connectivity index (χ1n) is 9.69. The Morgan fingerprint density at radius 1 is 1.17 bits per heavy atom. The molecule has 3 heterocycles. The lowest BCUT2D eigenvalue weighted by Gasteiger charge is -2.30. The Hall–Kier alpha value is -3.13. The summed E-state index contributed by atoms with van der Waals surface area (Å²) in [6.07, 6.45) is 5.30. The standard InChI is InChI=1S/C21H23N5O3/c1-14-11-23-19(12-22-14)21-24-20(25-29-21)17-7-9-26(10-8-17)13-16-3-5-18(6-4-16)28-15(2)27/h3-6,11-12,17H,7-10,13H2,1-2H3. The van der Waals surface area contributed by atoms with Gasteiger partial charge in [-0.25, -0.2) is 4.98 Å². The molecule has 1 aliphatic rings. The summed E-state index contributed by atoms with van der Waals surface area (Å²) >= 11 is 0. The van der Waals surface area contributed by atoms with E-state index in [4.69, 9.17) is 9.26 Å². The van der Waals surface area contributed by atoms with Crippen LogP contribution in [0.2, 0.25) is 0 Å². The van der Waals surface area contributed by atoms with Crippen molar-refractivity contribution in [2.45, 2.75) is 39.2 Å². The third-order valence-electron chi connectivity index (χ3n) is 4.99. The van der Waals surface area contributed by atoms with Crippen LogP contribution >= 0.6 is 0 Å². The van der Waals surface area contributed by atoms with Gasteiger partial charge in [0.25, 0.3) is 5.89 Å². The molecule has 0 atom stereocenters. The van der Waals surface area contributed by atoms with E-state index >= 15 is 0 Å². The minimum atomic E-state index is -0.307. The molecule has 0 N–H and O–H groups in total. The number of carbonyl (C=O) groups is 1. The van der Waals surface area contributed by atoms with Crippen LogP contribution in [0.1, 0.15) is 42.8 Å². The molecular weight excluding hydrogens is 370 g/mol. The van der Waals surface area contributed by atoms with Crippen LogP contribution in [0.4, 0.5) is 0 Å². The molecule has 0 unspecified atom stereocenters. The number of aryl methyl sites for hydroxylation is 1. The highest BCUT2D eigenvalue weighted by Gasteiger charge is 2.25. The second-order valence-electron chi connectivity index (χ2n) is 7.29. The zero-order valence-corrected chi connectivity index (χ0v) is 16.5. The number of nitrogens with zero attached hydrogens (tertiary/aromatic N) is 5. The van der Waals surface area contributed by atoms with Crippen LogP contribution in [0.3, 0.4) is 0 Å². The number of ether oxygens (including phenoxy) is 1. The first-order chi connectivity index (χ1) is 14.1. The summed E-state index contributed by atoms with van der Waals surface area (Å²) in [5.74, 6) is 1.72. The van der Waals surface area contributed by atoms with Crippen molar-refractivity contribution < 1.29 is 14.1 Å². The fraction of sp³-hybridized carbons (Fsp3) is 0.381. The number of likely N-dealkylation sites (tertiary alicyclic amines) is 1. The van der Waals surface area contributed by atoms with E-state index < -0.39 is 0 Å². The van der Waals surface area contributed by atoms with Gasteiger partial charge in [-0.3, -0.25) is 14.7 Å². The molecule has 1 saturated heterocycles. The minimum absolute atomic E-state index is 0.286. The third-order valence-corrected chi connectivity index (χ3v) is 4.99. The molecular formula is C21H23N5O3. The van der Waals surface area contributed by atoms with Gasteiger partial charge >= 0.3 is 5.97 Å². The molecule has 0 bridgehead atoms. The van der Waals surface area contributed by atoms with Gasteiger partial charge in [0, 0.05) is 25.6 Å². The van der Waals surface area contributed by atoms with Crippen LogP contribution in [-0.4, -0.2) is 44.1 Å². The molecule has 3 aromatic rings. The minimum Gasteiger partial charge on any atom is -0.427 e. The van der Waals surface area contributed by atoms with E-state index in [0.717, 1.165) is 44.0 Å². The van der Waals surface area contributed by atoms with Crippen LogP contribution in [0.5, 0.6) is 5.75 Å². The van der Waals surface area contributed by atoms with Gasteiger partial charge in [-0.05, 0) is 50.6 Å². The van der Waals surface area contributed by atoms with Crippen molar-refractivity contribution >= 4 is 5.97 Å². The lowest BCUT2D eigenvalue weighted by atomic mass is 9.96. The summed E-state index contributed by atoms with van der Waals surface area (Å²) in [5, 5.41) is 4.17. The molecule has 1 aliphatic heterocycles. The Morgan fingerprint density at radius 3 is 2.59 bits per heavy atom. The number of rotatable bonds is 5. The van der Waals surface area contributed by atoms with Gasteiger partial charge in [0.1, 0.15) is 11.4 Å². The molecule has 0 aliphatic carbocycles. The lowest BCUT2D eigenvalue weighted by molar-refractivity contribution is -0.131. The Morgan fingerprint density at radius 2 is 1.93 bits per heavy atom. The highest BCUT2D eigenvalue weighted by atomic mass is 16.5. The van der Waals surface area contributed by atoms with Crippen molar-refractivity contribution in [3.8, 4) is 17.3 Å². The predicted octanol–water partition coefficient (Wildman–Crippen LogP) is 3.14. The molecule has 150 valence electrons. The fourth-order valence-electron chi connectivity index (χ4n) is 3.44. The summed E-state index contributed by atoms with van der Waals surface area (Å²) in [6.45, 7) is 6.08. The number of carbonyl (C=O) groups excluding carboxylic acids is 1. The highest BCUT2D eigenvalue weighted by molar-refractivity contribution is 5.69. The molecule has 1 aromatic carbocycles. The monoisotopic (exact) mass is 393 g/mol. The van der Waals surface area contributed by atoms with Crippen LogP contribution in [0.15, 0.2) is 41.2 Å². The number of piperidine rings is 1. The summed E-state index contributed by atoms with van der Waals surface area (Å²) < 4.78 is 10.5. The Labute approximate surface area is 168 Å². The molecule has 8 nitrogen and oxygen atoms in total. The summed E-state index contributed by atoms with van der Waals surface area (Å²) in [6, 6.07) is 7.66. The number of aromatic nitrogens is 4. The van der Waals surface area contributed by atoms with E-state index in [-0.39, 0.29) is 11.9 Å². The maximum Gasteiger partial charge on any atom is 0.308 e.